The van der Waals surface area contributed by atoms with Crippen molar-refractivity contribution in [1.29, 1.82) is 0 Å². The molecule has 0 aromatic heterocycles. The van der Waals surface area contributed by atoms with Gasteiger partial charge in [0.2, 0.25) is 0 Å². The monoisotopic (exact) mass is 299 g/mol. The van der Waals surface area contributed by atoms with Crippen molar-refractivity contribution in [3.05, 3.63) is 29.8 Å². The quantitative estimate of drug-likeness (QED) is 0.454. The predicted molar refractivity (Wildman–Crippen MR) is 79.5 cm³/mol. The minimum absolute atomic E-state index is 0.00704. The van der Waals surface area contributed by atoms with Crippen LogP contribution in [-0.2, 0) is 9.84 Å². The summed E-state index contributed by atoms with van der Waals surface area (Å²) in [5, 5.41) is 12.2. The summed E-state index contributed by atoms with van der Waals surface area (Å²) in [4.78, 5) is 0. The Hall–Kier alpha value is -1.56. The van der Waals surface area contributed by atoms with E-state index in [9.17, 15) is 8.42 Å². The molecule has 6 heteroatoms. The molecule has 0 radical (unpaired) electrons. The Labute approximate surface area is 120 Å². The van der Waals surface area contributed by atoms with Crippen molar-refractivity contribution in [2.24, 2.45) is 5.16 Å². The summed E-state index contributed by atoms with van der Waals surface area (Å²) in [7, 11) is -3.05. The number of benzene rings is 1. The molecular formula is C14H21NO4S. The van der Waals surface area contributed by atoms with E-state index in [1.807, 2.05) is 19.9 Å². The molecule has 20 heavy (non-hydrogen) atoms. The Morgan fingerprint density at radius 3 is 2.55 bits per heavy atom. The molecule has 1 aromatic carbocycles. The van der Waals surface area contributed by atoms with Gasteiger partial charge < -0.3 is 9.94 Å². The van der Waals surface area contributed by atoms with E-state index in [-0.39, 0.29) is 18.1 Å². The summed E-state index contributed by atoms with van der Waals surface area (Å²) in [6.45, 7) is 3.80. The number of sulfone groups is 1. The second-order valence-electron chi connectivity index (χ2n) is 4.40. The number of ether oxygens (including phenoxy) is 1. The Bertz CT molecular complexity index is 552. The smallest absolute Gasteiger partial charge is 0.153 e. The van der Waals surface area contributed by atoms with Gasteiger partial charge in [-0.25, -0.2) is 8.42 Å². The van der Waals surface area contributed by atoms with Crippen molar-refractivity contribution in [2.75, 3.05) is 18.1 Å². The molecule has 0 fully saturated rings. The van der Waals surface area contributed by atoms with Gasteiger partial charge in [0.05, 0.1) is 17.2 Å². The minimum atomic E-state index is -3.05. The van der Waals surface area contributed by atoms with Crippen molar-refractivity contribution >= 4 is 15.5 Å². The van der Waals surface area contributed by atoms with E-state index < -0.39 is 9.84 Å². The first-order valence-electron chi connectivity index (χ1n) is 6.67. The third-order valence-corrected chi connectivity index (χ3v) is 4.64. The molecule has 1 aromatic rings. The standard InChI is InChI=1S/C14H21NO4S/c1-3-10-20(17,18)11-9-19-14-8-6-5-7-12(14)13(4-2)15-16/h5-8,16H,3-4,9-11H2,1-2H3/b15-13+. The van der Waals surface area contributed by atoms with Crippen LogP contribution < -0.4 is 4.74 Å². The van der Waals surface area contributed by atoms with Crippen molar-refractivity contribution in [3.8, 4) is 5.75 Å². The molecule has 0 heterocycles. The number of oxime groups is 1. The highest BCUT2D eigenvalue weighted by Crippen LogP contribution is 2.20. The molecule has 0 unspecified atom stereocenters. The average molecular weight is 299 g/mol. The SMILES string of the molecule is CCCS(=O)(=O)CCOc1ccccc1/C(CC)=N/O. The van der Waals surface area contributed by atoms with Crippen LogP contribution in [0.4, 0.5) is 0 Å². The minimum Gasteiger partial charge on any atom is -0.492 e. The molecule has 5 nitrogen and oxygen atoms in total. The highest BCUT2D eigenvalue weighted by molar-refractivity contribution is 7.91. The van der Waals surface area contributed by atoms with Crippen molar-refractivity contribution in [3.63, 3.8) is 0 Å². The van der Waals surface area contributed by atoms with Gasteiger partial charge in [0.1, 0.15) is 12.4 Å². The number of nitrogens with zero attached hydrogens (tertiary/aromatic N) is 1. The second kappa shape index (κ2) is 7.89. The zero-order valence-electron chi connectivity index (χ0n) is 11.9. The molecule has 0 saturated heterocycles. The van der Waals surface area contributed by atoms with E-state index in [4.69, 9.17) is 9.94 Å². The van der Waals surface area contributed by atoms with Crippen LogP contribution in [0, 0.1) is 0 Å². The van der Waals surface area contributed by atoms with Crippen molar-refractivity contribution in [1.82, 2.24) is 0 Å². The van der Waals surface area contributed by atoms with Gasteiger partial charge in [-0.2, -0.15) is 0 Å². The summed E-state index contributed by atoms with van der Waals surface area (Å²) in [6, 6.07) is 7.14. The van der Waals surface area contributed by atoms with E-state index in [2.05, 4.69) is 5.16 Å². The average Bonchev–Trinajstić information content (AvgIpc) is 2.41. The molecule has 0 saturated carbocycles. The highest BCUT2D eigenvalue weighted by Gasteiger charge is 2.12. The topological polar surface area (TPSA) is 76.0 Å². The zero-order chi connectivity index (χ0) is 15.0. The Kier molecular flexibility index (Phi) is 6.51. The first kappa shape index (κ1) is 16.5. The summed E-state index contributed by atoms with van der Waals surface area (Å²) in [5.41, 5.74) is 1.20. The lowest BCUT2D eigenvalue weighted by atomic mass is 10.1. The maximum Gasteiger partial charge on any atom is 0.153 e. The fourth-order valence-electron chi connectivity index (χ4n) is 1.84. The predicted octanol–water partition coefficient (Wildman–Crippen LogP) is 2.48. The van der Waals surface area contributed by atoms with Crippen LogP contribution in [0.25, 0.3) is 0 Å². The van der Waals surface area contributed by atoms with Gasteiger partial charge in [0.15, 0.2) is 9.84 Å². The van der Waals surface area contributed by atoms with E-state index in [1.54, 1.807) is 18.2 Å². The first-order valence-corrected chi connectivity index (χ1v) is 8.49. The molecule has 0 aliphatic carbocycles. The number of hydrogen-bond acceptors (Lipinski definition) is 5. The van der Waals surface area contributed by atoms with Crippen LogP contribution >= 0.6 is 0 Å². The van der Waals surface area contributed by atoms with E-state index in [0.717, 1.165) is 0 Å². The molecule has 1 rings (SSSR count). The molecule has 0 atom stereocenters. The van der Waals surface area contributed by atoms with Crippen LogP contribution in [0.2, 0.25) is 0 Å². The van der Waals surface area contributed by atoms with Crippen molar-refractivity contribution < 1.29 is 18.4 Å². The van der Waals surface area contributed by atoms with E-state index in [0.29, 0.717) is 29.9 Å². The molecule has 0 amide bonds. The number of para-hydroxylation sites is 1. The fourth-order valence-corrected chi connectivity index (χ4v) is 3.00. The largest absolute Gasteiger partial charge is 0.492 e. The van der Waals surface area contributed by atoms with E-state index in [1.165, 1.54) is 0 Å². The van der Waals surface area contributed by atoms with Gasteiger partial charge in [-0.1, -0.05) is 31.1 Å². The molecule has 1 N–H and O–H groups in total. The van der Waals surface area contributed by atoms with Gasteiger partial charge in [-0.05, 0) is 25.0 Å². The van der Waals surface area contributed by atoms with Crippen LogP contribution in [0.1, 0.15) is 32.3 Å². The number of rotatable bonds is 8. The Morgan fingerprint density at radius 1 is 1.25 bits per heavy atom. The molecule has 0 spiro atoms. The molecule has 0 aliphatic heterocycles. The Morgan fingerprint density at radius 2 is 1.95 bits per heavy atom. The summed E-state index contributed by atoms with van der Waals surface area (Å²) in [5.74, 6) is 0.706. The van der Waals surface area contributed by atoms with Gasteiger partial charge >= 0.3 is 0 Å². The Balaban J connectivity index is 2.74. The third kappa shape index (κ3) is 4.85. The zero-order valence-corrected chi connectivity index (χ0v) is 12.7. The maximum atomic E-state index is 11.6. The van der Waals surface area contributed by atoms with Crippen LogP contribution in [0.15, 0.2) is 29.4 Å². The van der Waals surface area contributed by atoms with Crippen molar-refractivity contribution in [2.45, 2.75) is 26.7 Å². The van der Waals surface area contributed by atoms with Crippen LogP contribution in [-0.4, -0.2) is 37.4 Å². The van der Waals surface area contributed by atoms with Gasteiger partial charge in [0, 0.05) is 5.56 Å². The normalized spacial score (nSPS) is 12.4. The van der Waals surface area contributed by atoms with Crippen LogP contribution in [0.3, 0.4) is 0 Å². The first-order chi connectivity index (χ1) is 9.54. The second-order valence-corrected chi connectivity index (χ2v) is 6.70. The summed E-state index contributed by atoms with van der Waals surface area (Å²) >= 11 is 0. The maximum absolute atomic E-state index is 11.6. The van der Waals surface area contributed by atoms with Gasteiger partial charge in [-0.3, -0.25) is 0 Å². The number of hydrogen-bond donors (Lipinski definition) is 1. The lowest BCUT2D eigenvalue weighted by Crippen LogP contribution is -2.17. The molecule has 0 aliphatic rings. The highest BCUT2D eigenvalue weighted by atomic mass is 32.2. The van der Waals surface area contributed by atoms with Gasteiger partial charge in [0.25, 0.3) is 0 Å². The van der Waals surface area contributed by atoms with E-state index >= 15 is 0 Å². The molecular weight excluding hydrogens is 278 g/mol. The fraction of sp³-hybridized carbons (Fsp3) is 0.500. The third-order valence-electron chi connectivity index (χ3n) is 2.82. The molecule has 0 bridgehead atoms. The summed E-state index contributed by atoms with van der Waals surface area (Å²) in [6.07, 6.45) is 1.17. The molecule has 112 valence electrons. The lowest BCUT2D eigenvalue weighted by molar-refractivity contribution is 0.316. The summed E-state index contributed by atoms with van der Waals surface area (Å²) < 4.78 is 28.7. The van der Waals surface area contributed by atoms with Gasteiger partial charge in [-0.15, -0.1) is 0 Å². The van der Waals surface area contributed by atoms with Crippen LogP contribution in [0.5, 0.6) is 5.75 Å². The lowest BCUT2D eigenvalue weighted by Gasteiger charge is -2.11.